The van der Waals surface area contributed by atoms with Gasteiger partial charge in [0.25, 0.3) is 0 Å². The molecule has 0 fully saturated rings. The van der Waals surface area contributed by atoms with Crippen LogP contribution in [0, 0.1) is 3.57 Å². The molecule has 1 aromatic carbocycles. The predicted molar refractivity (Wildman–Crippen MR) is 102 cm³/mol. The number of halogens is 4. The molecule has 0 radical (unpaired) electrons. The Kier molecular flexibility index (Phi) is 8.08. The average Bonchev–Trinajstić information content (AvgIpc) is 2.50. The molecule has 13 heteroatoms. The van der Waals surface area contributed by atoms with Gasteiger partial charge in [-0.1, -0.05) is 0 Å². The van der Waals surface area contributed by atoms with Crippen molar-refractivity contribution in [3.63, 3.8) is 0 Å². The van der Waals surface area contributed by atoms with Gasteiger partial charge < -0.3 is 14.2 Å². The van der Waals surface area contributed by atoms with Crippen LogP contribution in [-0.4, -0.2) is 44.7 Å². The fourth-order valence-electron chi connectivity index (χ4n) is 1.61. The van der Waals surface area contributed by atoms with Gasteiger partial charge in [-0.3, -0.25) is 5.32 Å². The second-order valence-electron chi connectivity index (χ2n) is 6.23. The minimum Gasteiger partial charge on any atom is -0.538 e. The van der Waals surface area contributed by atoms with E-state index in [-0.39, 0.29) is 5.56 Å². The lowest BCUT2D eigenvalue weighted by atomic mass is 10.2. The fourth-order valence-corrected chi connectivity index (χ4v) is 2.72. The number of esters is 1. The second kappa shape index (κ2) is 9.26. The van der Waals surface area contributed by atoms with E-state index in [1.54, 1.807) is 20.8 Å². The highest BCUT2D eigenvalue weighted by molar-refractivity contribution is 14.1. The third kappa shape index (κ3) is 7.79. The molecular weight excluding hydrogens is 520 g/mol. The van der Waals surface area contributed by atoms with Gasteiger partial charge in [-0.25, -0.2) is 18.0 Å². The Morgan fingerprint density at radius 3 is 2.32 bits per heavy atom. The standard InChI is InChI=1S/C15H17F3IN2O6S/c1-14(2,3)27-13(23)21-11-5-4-9(8-10(11)19)12(22)26-7-6-20-28(24,25)15(16,17)18/h4-5,8H,6-7H2,1-3H3,(H,21,22,23)/q-1. The number of nitrogens with zero attached hydrogens (tertiary/aromatic N) is 1. The van der Waals surface area contributed by atoms with Crippen LogP contribution in [0.3, 0.4) is 0 Å². The minimum atomic E-state index is -5.62. The van der Waals surface area contributed by atoms with Crippen molar-refractivity contribution in [1.82, 2.24) is 0 Å². The van der Waals surface area contributed by atoms with E-state index in [0.717, 1.165) is 0 Å². The minimum absolute atomic E-state index is 0.0535. The summed E-state index contributed by atoms with van der Waals surface area (Å²) in [6.45, 7) is 3.58. The summed E-state index contributed by atoms with van der Waals surface area (Å²) < 4.78 is 70.6. The van der Waals surface area contributed by atoms with Crippen molar-refractivity contribution in [2.75, 3.05) is 18.5 Å². The fraction of sp³-hybridized carbons (Fsp3) is 0.467. The molecule has 0 aliphatic rings. The number of hydrogen-bond donors (Lipinski definition) is 1. The summed E-state index contributed by atoms with van der Waals surface area (Å²) in [6, 6.07) is 4.11. The molecule has 0 aliphatic heterocycles. The van der Waals surface area contributed by atoms with Crippen molar-refractivity contribution >= 4 is 50.4 Å². The largest absolute Gasteiger partial charge is 0.538 e. The van der Waals surface area contributed by atoms with Crippen LogP contribution in [-0.2, 0) is 19.5 Å². The van der Waals surface area contributed by atoms with E-state index < -0.39 is 46.3 Å². The van der Waals surface area contributed by atoms with Crippen LogP contribution < -0.4 is 5.32 Å². The number of rotatable bonds is 6. The summed E-state index contributed by atoms with van der Waals surface area (Å²) in [7, 11) is -5.62. The number of amides is 1. The molecule has 0 spiro atoms. The zero-order chi connectivity index (χ0) is 21.8. The summed E-state index contributed by atoms with van der Waals surface area (Å²) in [5, 5.41) is 2.51. The molecule has 0 unspecified atom stereocenters. The zero-order valence-corrected chi connectivity index (χ0v) is 17.9. The van der Waals surface area contributed by atoms with E-state index >= 15 is 0 Å². The number of nitrogens with one attached hydrogen (secondary N) is 1. The van der Waals surface area contributed by atoms with E-state index in [2.05, 4.69) is 10.0 Å². The lowest BCUT2D eigenvalue weighted by molar-refractivity contribution is -0.0427. The summed E-state index contributed by atoms with van der Waals surface area (Å²) in [6.07, 6.45) is -0.687. The Labute approximate surface area is 173 Å². The summed E-state index contributed by atoms with van der Waals surface area (Å²) in [5.74, 6) is -0.888. The molecule has 0 aromatic heterocycles. The van der Waals surface area contributed by atoms with Gasteiger partial charge >= 0.3 is 17.6 Å². The molecule has 0 heterocycles. The van der Waals surface area contributed by atoms with Gasteiger partial charge in [0, 0.05) is 3.57 Å². The first kappa shape index (κ1) is 24.4. The maximum absolute atomic E-state index is 12.1. The number of ether oxygens (including phenoxy) is 2. The quantitative estimate of drug-likeness (QED) is 0.334. The molecule has 0 bridgehead atoms. The van der Waals surface area contributed by atoms with Crippen LogP contribution >= 0.6 is 22.6 Å². The number of benzene rings is 1. The number of hydrogen-bond acceptors (Lipinski definition) is 6. The molecule has 1 amide bonds. The first-order valence-electron chi connectivity index (χ1n) is 7.59. The predicted octanol–water partition coefficient (Wildman–Crippen LogP) is 4.02. The molecule has 0 atom stereocenters. The van der Waals surface area contributed by atoms with Crippen LogP contribution in [0.15, 0.2) is 18.2 Å². The van der Waals surface area contributed by atoms with Gasteiger partial charge in [0.1, 0.15) is 5.60 Å². The number of sulfonamides is 1. The Morgan fingerprint density at radius 2 is 1.82 bits per heavy atom. The number of carbonyl (C=O) groups excluding carboxylic acids is 2. The van der Waals surface area contributed by atoms with Crippen molar-refractivity contribution in [2.45, 2.75) is 31.9 Å². The topological polar surface area (TPSA) is 113 Å². The van der Waals surface area contributed by atoms with Gasteiger partial charge in [-0.05, 0) is 61.6 Å². The first-order chi connectivity index (χ1) is 12.6. The van der Waals surface area contributed by atoms with E-state index in [4.69, 9.17) is 9.47 Å². The highest BCUT2D eigenvalue weighted by atomic mass is 127. The van der Waals surface area contributed by atoms with Crippen LogP contribution in [0.4, 0.5) is 23.7 Å². The van der Waals surface area contributed by atoms with Crippen LogP contribution in [0.5, 0.6) is 0 Å². The zero-order valence-electron chi connectivity index (χ0n) is 15.0. The maximum atomic E-state index is 12.1. The van der Waals surface area contributed by atoms with Crippen molar-refractivity contribution in [3.05, 3.63) is 32.1 Å². The molecule has 1 aromatic rings. The third-order valence-electron chi connectivity index (χ3n) is 2.72. The van der Waals surface area contributed by atoms with Crippen LogP contribution in [0.2, 0.25) is 0 Å². The molecule has 28 heavy (non-hydrogen) atoms. The van der Waals surface area contributed by atoms with E-state index in [1.165, 1.54) is 18.2 Å². The summed E-state index contributed by atoms with van der Waals surface area (Å²) >= 11 is 1.85. The van der Waals surface area contributed by atoms with Crippen LogP contribution in [0.1, 0.15) is 31.1 Å². The van der Waals surface area contributed by atoms with Gasteiger partial charge in [0.2, 0.25) is 0 Å². The van der Waals surface area contributed by atoms with Crippen molar-refractivity contribution in [2.24, 2.45) is 0 Å². The molecule has 158 valence electrons. The molecule has 0 aliphatic carbocycles. The Morgan fingerprint density at radius 1 is 1.21 bits per heavy atom. The van der Waals surface area contributed by atoms with E-state index in [9.17, 15) is 31.2 Å². The van der Waals surface area contributed by atoms with Gasteiger partial charge in [0.15, 0.2) is 10.0 Å². The molecule has 0 saturated heterocycles. The highest BCUT2D eigenvalue weighted by Gasteiger charge is 2.38. The lowest BCUT2D eigenvalue weighted by Gasteiger charge is -2.21. The van der Waals surface area contributed by atoms with Gasteiger partial charge in [0.05, 0.1) is 17.9 Å². The first-order valence-corrected chi connectivity index (χ1v) is 10.1. The monoisotopic (exact) mass is 537 g/mol. The van der Waals surface area contributed by atoms with Crippen molar-refractivity contribution in [1.29, 1.82) is 0 Å². The van der Waals surface area contributed by atoms with Crippen molar-refractivity contribution < 1.29 is 40.7 Å². The summed E-state index contributed by atoms with van der Waals surface area (Å²) in [4.78, 5) is 23.6. The maximum Gasteiger partial charge on any atom is 0.480 e. The molecule has 8 nitrogen and oxygen atoms in total. The molecule has 0 saturated carbocycles. The number of carbonyl (C=O) groups is 2. The smallest absolute Gasteiger partial charge is 0.480 e. The normalized spacial score (nSPS) is 12.4. The summed E-state index contributed by atoms with van der Waals surface area (Å²) in [5.41, 5.74) is -5.76. The Bertz CT molecular complexity index is 837. The molecular formula is C15H17F3IN2O6S-. The van der Waals surface area contributed by atoms with Gasteiger partial charge in [-0.15, -0.1) is 6.54 Å². The van der Waals surface area contributed by atoms with E-state index in [0.29, 0.717) is 9.26 Å². The molecule has 1 N–H and O–H groups in total. The number of anilines is 1. The second-order valence-corrected chi connectivity index (χ2v) is 9.06. The SMILES string of the molecule is CC(C)(C)OC(=O)Nc1ccc(C(=O)OCC[N-]S(=O)(=O)C(F)(F)F)cc1I. The number of alkyl halides is 3. The lowest BCUT2D eigenvalue weighted by Crippen LogP contribution is -2.27. The van der Waals surface area contributed by atoms with Gasteiger partial charge in [-0.2, -0.15) is 13.2 Å². The Balaban J connectivity index is 2.61. The highest BCUT2D eigenvalue weighted by Crippen LogP contribution is 2.27. The van der Waals surface area contributed by atoms with E-state index in [1.807, 2.05) is 22.6 Å². The van der Waals surface area contributed by atoms with Crippen molar-refractivity contribution in [3.8, 4) is 0 Å². The van der Waals surface area contributed by atoms with Crippen LogP contribution in [0.25, 0.3) is 4.72 Å². The molecule has 1 rings (SSSR count). The average molecular weight is 537 g/mol. The third-order valence-corrected chi connectivity index (χ3v) is 4.72. The Hall–Kier alpha value is -1.61.